The summed E-state index contributed by atoms with van der Waals surface area (Å²) in [6.45, 7) is 0. The number of benzene rings is 2. The second-order valence-corrected chi connectivity index (χ2v) is 8.03. The van der Waals surface area contributed by atoms with Crippen molar-refractivity contribution in [2.75, 3.05) is 0 Å². The van der Waals surface area contributed by atoms with Crippen LogP contribution in [0.25, 0.3) is 11.1 Å². The zero-order chi connectivity index (χ0) is 18.1. The molecule has 0 radical (unpaired) electrons. The molecule has 0 atom stereocenters. The summed E-state index contributed by atoms with van der Waals surface area (Å²) >= 11 is 0. The van der Waals surface area contributed by atoms with Crippen LogP contribution in [0.4, 0.5) is 13.2 Å². The quantitative estimate of drug-likeness (QED) is 0.508. The summed E-state index contributed by atoms with van der Waals surface area (Å²) in [5.74, 6) is -1.24. The minimum atomic E-state index is -1.41. The summed E-state index contributed by atoms with van der Waals surface area (Å²) in [6, 6.07) is 10.0. The minimum Gasteiger partial charge on any atom is -0.204 e. The lowest BCUT2D eigenvalue weighted by molar-refractivity contribution is 0.235. The Balaban J connectivity index is 1.43. The van der Waals surface area contributed by atoms with Gasteiger partial charge < -0.3 is 0 Å². The van der Waals surface area contributed by atoms with E-state index in [4.69, 9.17) is 0 Å². The second-order valence-electron chi connectivity index (χ2n) is 8.03. The van der Waals surface area contributed by atoms with E-state index in [1.165, 1.54) is 56.9 Å². The highest BCUT2D eigenvalue weighted by Gasteiger charge is 2.29. The average Bonchev–Trinajstić information content (AvgIpc) is 3.21. The predicted molar refractivity (Wildman–Crippen MR) is 98.4 cm³/mol. The van der Waals surface area contributed by atoms with Gasteiger partial charge in [0.15, 0.2) is 17.5 Å². The Labute approximate surface area is 153 Å². The molecule has 0 N–H and O–H groups in total. The van der Waals surface area contributed by atoms with Crippen molar-refractivity contribution in [2.45, 2.75) is 57.3 Å². The molecule has 0 heterocycles. The summed E-state index contributed by atoms with van der Waals surface area (Å²) < 4.78 is 40.0. The van der Waals surface area contributed by atoms with E-state index in [1.54, 1.807) is 0 Å². The average molecular weight is 358 g/mol. The highest BCUT2D eigenvalue weighted by atomic mass is 19.2. The summed E-state index contributed by atoms with van der Waals surface area (Å²) in [5, 5.41) is 0. The highest BCUT2D eigenvalue weighted by molar-refractivity contribution is 5.64. The van der Waals surface area contributed by atoms with E-state index in [0.717, 1.165) is 24.0 Å². The molecule has 3 heteroatoms. The predicted octanol–water partition coefficient (Wildman–Crippen LogP) is 7.23. The van der Waals surface area contributed by atoms with E-state index in [9.17, 15) is 13.2 Å². The molecule has 2 saturated carbocycles. The van der Waals surface area contributed by atoms with Crippen molar-refractivity contribution in [1.29, 1.82) is 0 Å². The SMILES string of the molecule is Fc1cc(-c2ccc(C3CCC(C4CCCC4)CC3)cc2)cc(F)c1F. The Kier molecular flexibility index (Phi) is 5.06. The van der Waals surface area contributed by atoms with Crippen LogP contribution in [0.2, 0.25) is 0 Å². The standard InChI is InChI=1S/C23H25F3/c24-21-13-20(14-22(25)23(21)26)19-11-9-18(10-12-19)17-7-5-16(6-8-17)15-3-1-2-4-15/h9-17H,1-8H2. The van der Waals surface area contributed by atoms with Gasteiger partial charge in [0.25, 0.3) is 0 Å². The van der Waals surface area contributed by atoms with Gasteiger partial charge in [0.2, 0.25) is 0 Å². The topological polar surface area (TPSA) is 0 Å². The van der Waals surface area contributed by atoms with Crippen LogP contribution in [-0.4, -0.2) is 0 Å². The van der Waals surface area contributed by atoms with Crippen molar-refractivity contribution in [3.8, 4) is 11.1 Å². The molecule has 2 aromatic rings. The second kappa shape index (κ2) is 7.46. The molecule has 0 aliphatic heterocycles. The maximum Gasteiger partial charge on any atom is 0.194 e. The number of rotatable bonds is 3. The van der Waals surface area contributed by atoms with Crippen LogP contribution in [0.1, 0.15) is 62.8 Å². The fourth-order valence-electron chi connectivity index (χ4n) is 5.02. The van der Waals surface area contributed by atoms with Crippen LogP contribution in [0.5, 0.6) is 0 Å². The molecule has 2 aliphatic carbocycles. The molecule has 0 unspecified atom stereocenters. The molecule has 2 aliphatic rings. The van der Waals surface area contributed by atoms with Crippen molar-refractivity contribution < 1.29 is 13.2 Å². The summed E-state index contributed by atoms with van der Waals surface area (Å²) in [5.41, 5.74) is 2.39. The first-order valence-electron chi connectivity index (χ1n) is 9.86. The Bertz CT molecular complexity index is 729. The molecule has 138 valence electrons. The molecule has 26 heavy (non-hydrogen) atoms. The number of hydrogen-bond donors (Lipinski definition) is 0. The van der Waals surface area contributed by atoms with Gasteiger partial charge in [0, 0.05) is 0 Å². The van der Waals surface area contributed by atoms with Gasteiger partial charge in [-0.1, -0.05) is 49.9 Å². The largest absolute Gasteiger partial charge is 0.204 e. The first-order valence-corrected chi connectivity index (χ1v) is 9.86. The minimum absolute atomic E-state index is 0.373. The van der Waals surface area contributed by atoms with Gasteiger partial charge in [0.1, 0.15) is 0 Å². The van der Waals surface area contributed by atoms with E-state index < -0.39 is 17.5 Å². The Hall–Kier alpha value is -1.77. The van der Waals surface area contributed by atoms with E-state index in [2.05, 4.69) is 12.1 Å². The van der Waals surface area contributed by atoms with Gasteiger partial charge >= 0.3 is 0 Å². The number of halogens is 3. The summed E-state index contributed by atoms with van der Waals surface area (Å²) in [7, 11) is 0. The third kappa shape index (κ3) is 3.54. The first kappa shape index (κ1) is 17.6. The van der Waals surface area contributed by atoms with E-state index in [-0.39, 0.29) is 0 Å². The van der Waals surface area contributed by atoms with Gasteiger partial charge in [-0.15, -0.1) is 0 Å². The molecular weight excluding hydrogens is 333 g/mol. The fraction of sp³-hybridized carbons (Fsp3) is 0.478. The summed E-state index contributed by atoms with van der Waals surface area (Å²) in [6.07, 6.45) is 10.8. The molecule has 0 amide bonds. The van der Waals surface area contributed by atoms with Crippen LogP contribution in [-0.2, 0) is 0 Å². The summed E-state index contributed by atoms with van der Waals surface area (Å²) in [4.78, 5) is 0. The monoisotopic (exact) mass is 358 g/mol. The van der Waals surface area contributed by atoms with Crippen molar-refractivity contribution in [2.24, 2.45) is 11.8 Å². The highest BCUT2D eigenvalue weighted by Crippen LogP contribution is 2.43. The Morgan fingerprint density at radius 3 is 1.73 bits per heavy atom. The van der Waals surface area contributed by atoms with Gasteiger partial charge in [-0.3, -0.25) is 0 Å². The van der Waals surface area contributed by atoms with Crippen LogP contribution in [0, 0.1) is 29.3 Å². The Morgan fingerprint density at radius 2 is 1.15 bits per heavy atom. The number of hydrogen-bond acceptors (Lipinski definition) is 0. The molecule has 0 nitrogen and oxygen atoms in total. The van der Waals surface area contributed by atoms with Crippen molar-refractivity contribution in [3.05, 3.63) is 59.4 Å². The molecular formula is C23H25F3. The molecule has 0 aromatic heterocycles. The maximum absolute atomic E-state index is 13.4. The Morgan fingerprint density at radius 1 is 0.615 bits per heavy atom. The normalized spacial score (nSPS) is 24.1. The van der Waals surface area contributed by atoms with Crippen molar-refractivity contribution in [3.63, 3.8) is 0 Å². The fourth-order valence-corrected chi connectivity index (χ4v) is 5.02. The smallest absolute Gasteiger partial charge is 0.194 e. The van der Waals surface area contributed by atoms with Crippen LogP contribution in [0.3, 0.4) is 0 Å². The van der Waals surface area contributed by atoms with Gasteiger partial charge in [-0.05, 0) is 72.3 Å². The molecule has 0 saturated heterocycles. The first-order chi connectivity index (χ1) is 12.6. The van der Waals surface area contributed by atoms with Crippen LogP contribution in [0.15, 0.2) is 36.4 Å². The van der Waals surface area contributed by atoms with Crippen LogP contribution >= 0.6 is 0 Å². The lowest BCUT2D eigenvalue weighted by atomic mass is 9.73. The molecule has 2 aromatic carbocycles. The maximum atomic E-state index is 13.4. The lowest BCUT2D eigenvalue weighted by Crippen LogP contribution is -2.19. The molecule has 2 fully saturated rings. The van der Waals surface area contributed by atoms with Crippen LogP contribution < -0.4 is 0 Å². The lowest BCUT2D eigenvalue weighted by Gasteiger charge is -2.32. The van der Waals surface area contributed by atoms with Gasteiger partial charge in [-0.25, -0.2) is 13.2 Å². The van der Waals surface area contributed by atoms with E-state index >= 15 is 0 Å². The third-order valence-electron chi connectivity index (χ3n) is 6.54. The van der Waals surface area contributed by atoms with Crippen molar-refractivity contribution >= 4 is 0 Å². The van der Waals surface area contributed by atoms with Gasteiger partial charge in [-0.2, -0.15) is 0 Å². The van der Waals surface area contributed by atoms with Crippen molar-refractivity contribution in [1.82, 2.24) is 0 Å². The molecule has 4 rings (SSSR count). The molecule has 0 bridgehead atoms. The zero-order valence-electron chi connectivity index (χ0n) is 15.0. The van der Waals surface area contributed by atoms with Gasteiger partial charge in [0.05, 0.1) is 0 Å². The molecule has 0 spiro atoms. The van der Waals surface area contributed by atoms with E-state index in [0.29, 0.717) is 17.0 Å². The third-order valence-corrected chi connectivity index (χ3v) is 6.54. The zero-order valence-corrected chi connectivity index (χ0v) is 15.0. The van der Waals surface area contributed by atoms with E-state index in [1.807, 2.05) is 12.1 Å².